The van der Waals surface area contributed by atoms with E-state index in [1.165, 1.54) is 6.07 Å². The molecule has 4 amide bonds. The summed E-state index contributed by atoms with van der Waals surface area (Å²) in [5, 5.41) is 1.78. The van der Waals surface area contributed by atoms with Crippen LogP contribution in [0.2, 0.25) is 0 Å². The highest BCUT2D eigenvalue weighted by Crippen LogP contribution is 2.35. The van der Waals surface area contributed by atoms with Gasteiger partial charge in [0.1, 0.15) is 11.9 Å². The van der Waals surface area contributed by atoms with Gasteiger partial charge in [-0.2, -0.15) is 0 Å². The highest BCUT2D eigenvalue weighted by Gasteiger charge is 2.46. The van der Waals surface area contributed by atoms with Gasteiger partial charge in [-0.15, -0.1) is 0 Å². The third-order valence-electron chi connectivity index (χ3n) is 10.4. The number of hydrogen-bond donors (Lipinski definition) is 2. The van der Waals surface area contributed by atoms with E-state index in [0.717, 1.165) is 50.0 Å². The normalized spacial score (nSPS) is 24.3. The summed E-state index contributed by atoms with van der Waals surface area (Å²) in [5.41, 5.74) is 6.54. The molecule has 0 aromatic heterocycles. The summed E-state index contributed by atoms with van der Waals surface area (Å²) in [5.74, 6) is -3.11. The first kappa shape index (κ1) is 30.8. The zero-order chi connectivity index (χ0) is 32.3. The number of carbonyl (C=O) groups excluding carboxylic acids is 4. The Morgan fingerprint density at radius 1 is 0.783 bits per heavy atom. The van der Waals surface area contributed by atoms with Crippen LogP contribution in [0.15, 0.2) is 41.3 Å². The predicted octanol–water partition coefficient (Wildman–Crippen LogP) is 1.40. The number of fused-ring (bicyclic) bond motifs is 1. The second-order valence-electron chi connectivity index (χ2n) is 13.0. The van der Waals surface area contributed by atoms with Crippen LogP contribution in [0.3, 0.4) is 0 Å². The molecular weight excluding hydrogens is 615 g/mol. The molecule has 2 aromatic rings. The van der Waals surface area contributed by atoms with Gasteiger partial charge < -0.3 is 10.6 Å². The van der Waals surface area contributed by atoms with Gasteiger partial charge in [-0.1, -0.05) is 0 Å². The van der Waals surface area contributed by atoms with Crippen molar-refractivity contribution in [1.29, 1.82) is 0 Å². The van der Waals surface area contributed by atoms with Gasteiger partial charge in [0.25, 0.3) is 11.8 Å². The molecule has 7 rings (SSSR count). The molecule has 244 valence electrons. The summed E-state index contributed by atoms with van der Waals surface area (Å²) in [6.07, 6.45) is 2.91. The van der Waals surface area contributed by atoms with Crippen LogP contribution < -0.4 is 16.0 Å². The molecule has 4 saturated heterocycles. The van der Waals surface area contributed by atoms with Crippen molar-refractivity contribution in [2.45, 2.75) is 66.8 Å². The molecule has 2 aromatic carbocycles. The minimum Gasteiger partial charge on any atom is -0.399 e. The number of carbonyl (C=O) groups is 4. The molecule has 1 atom stereocenters. The van der Waals surface area contributed by atoms with E-state index in [0.29, 0.717) is 48.6 Å². The van der Waals surface area contributed by atoms with Crippen molar-refractivity contribution in [2.24, 2.45) is 0 Å². The highest BCUT2D eigenvalue weighted by molar-refractivity contribution is 7.92. The summed E-state index contributed by atoms with van der Waals surface area (Å²) < 4.78 is 41.5. The van der Waals surface area contributed by atoms with Crippen LogP contribution in [0.4, 0.5) is 15.8 Å². The van der Waals surface area contributed by atoms with Crippen molar-refractivity contribution < 1.29 is 32.0 Å². The van der Waals surface area contributed by atoms with E-state index in [1.54, 1.807) is 24.3 Å². The molecule has 5 aliphatic rings. The minimum absolute atomic E-state index is 0.0181. The van der Waals surface area contributed by atoms with Crippen molar-refractivity contribution in [2.75, 3.05) is 49.9 Å². The van der Waals surface area contributed by atoms with Gasteiger partial charge in [0, 0.05) is 50.4 Å². The number of sulfone groups is 1. The maximum atomic E-state index is 15.3. The van der Waals surface area contributed by atoms with Gasteiger partial charge >= 0.3 is 0 Å². The zero-order valence-corrected chi connectivity index (χ0v) is 26.2. The van der Waals surface area contributed by atoms with Gasteiger partial charge in [-0.3, -0.25) is 39.2 Å². The van der Waals surface area contributed by atoms with Crippen LogP contribution in [-0.2, 0) is 19.4 Å². The predicted molar refractivity (Wildman–Crippen MR) is 166 cm³/mol. The fourth-order valence-corrected chi connectivity index (χ4v) is 9.34. The second kappa shape index (κ2) is 11.7. The number of imide groups is 2. The lowest BCUT2D eigenvalue weighted by molar-refractivity contribution is -0.136. The average molecular weight is 653 g/mol. The van der Waals surface area contributed by atoms with E-state index < -0.39 is 45.3 Å². The van der Waals surface area contributed by atoms with Crippen LogP contribution in [-0.4, -0.2) is 109 Å². The number of nitrogens with zero attached hydrogens (tertiary/aromatic N) is 4. The largest absolute Gasteiger partial charge is 0.399 e. The second-order valence-corrected chi connectivity index (χ2v) is 15.2. The van der Waals surface area contributed by atoms with E-state index >= 15 is 4.39 Å². The average Bonchev–Trinajstić information content (AvgIpc) is 3.25. The first-order valence-electron chi connectivity index (χ1n) is 15.9. The van der Waals surface area contributed by atoms with Gasteiger partial charge in [0.05, 0.1) is 27.0 Å². The number of likely N-dealkylation sites (tertiary alicyclic amines) is 2. The lowest BCUT2D eigenvalue weighted by Crippen LogP contribution is -2.64. The van der Waals surface area contributed by atoms with Crippen molar-refractivity contribution >= 4 is 44.8 Å². The first-order chi connectivity index (χ1) is 22.0. The SMILES string of the molecule is Nc1ccc(S(=O)(=O)C2CCN(C3CN(C4CCN(c5cc6c(cc5F)C(=O)N(C5CCC(=O)NC5=O)C6=O)CC4)C3)CC2)cc1. The molecule has 0 saturated carbocycles. The third-order valence-corrected chi connectivity index (χ3v) is 12.6. The number of rotatable bonds is 6. The molecule has 3 N–H and O–H groups in total. The third kappa shape index (κ3) is 5.35. The summed E-state index contributed by atoms with van der Waals surface area (Å²) in [6, 6.07) is 8.58. The number of amides is 4. The number of nitrogens with one attached hydrogen (secondary N) is 1. The van der Waals surface area contributed by atoms with Gasteiger partial charge in [-0.05, 0) is 81.6 Å². The number of nitrogens with two attached hydrogens (primary N) is 1. The van der Waals surface area contributed by atoms with Crippen LogP contribution in [0.25, 0.3) is 0 Å². The Hall–Kier alpha value is -3.88. The highest BCUT2D eigenvalue weighted by atomic mass is 32.2. The van der Waals surface area contributed by atoms with E-state index in [4.69, 9.17) is 5.73 Å². The fourth-order valence-electron chi connectivity index (χ4n) is 7.61. The first-order valence-corrected chi connectivity index (χ1v) is 17.4. The summed E-state index contributed by atoms with van der Waals surface area (Å²) in [4.78, 5) is 58.1. The van der Waals surface area contributed by atoms with Gasteiger partial charge in [0.15, 0.2) is 9.84 Å². The monoisotopic (exact) mass is 652 g/mol. The molecule has 4 fully saturated rings. The Morgan fingerprint density at radius 3 is 2.04 bits per heavy atom. The summed E-state index contributed by atoms with van der Waals surface area (Å²) in [6.45, 7) is 4.51. The molecule has 1 unspecified atom stereocenters. The quantitative estimate of drug-likeness (QED) is 0.346. The van der Waals surface area contributed by atoms with Gasteiger partial charge in [0.2, 0.25) is 11.8 Å². The number of nitrogen functional groups attached to an aromatic ring is 1. The smallest absolute Gasteiger partial charge is 0.262 e. The zero-order valence-electron chi connectivity index (χ0n) is 25.4. The molecule has 0 spiro atoms. The van der Waals surface area contributed by atoms with Crippen LogP contribution in [0, 0.1) is 5.82 Å². The fraction of sp³-hybridized carbons (Fsp3) is 0.500. The lowest BCUT2D eigenvalue weighted by atomic mass is 9.95. The maximum Gasteiger partial charge on any atom is 0.262 e. The lowest BCUT2D eigenvalue weighted by Gasteiger charge is -2.52. The van der Waals surface area contributed by atoms with Crippen LogP contribution in [0.1, 0.15) is 59.2 Å². The molecule has 0 bridgehead atoms. The molecule has 46 heavy (non-hydrogen) atoms. The van der Waals surface area contributed by atoms with Crippen LogP contribution in [0.5, 0.6) is 0 Å². The molecule has 12 nitrogen and oxygen atoms in total. The molecule has 0 aliphatic carbocycles. The minimum atomic E-state index is -3.39. The maximum absolute atomic E-state index is 15.3. The van der Waals surface area contributed by atoms with Crippen LogP contribution >= 0.6 is 0 Å². The molecule has 5 heterocycles. The van der Waals surface area contributed by atoms with Crippen molar-refractivity contribution in [3.8, 4) is 0 Å². The Bertz CT molecular complexity index is 1700. The van der Waals surface area contributed by atoms with E-state index in [9.17, 15) is 27.6 Å². The molecule has 0 radical (unpaired) electrons. The number of piperidine rings is 3. The Labute approximate surface area is 266 Å². The Morgan fingerprint density at radius 2 is 1.41 bits per heavy atom. The van der Waals surface area contributed by atoms with Crippen molar-refractivity contribution in [1.82, 2.24) is 20.0 Å². The van der Waals surface area contributed by atoms with E-state index in [1.807, 2.05) is 4.90 Å². The summed E-state index contributed by atoms with van der Waals surface area (Å²) >= 11 is 0. The number of halogens is 1. The number of benzene rings is 2. The van der Waals surface area contributed by atoms with Crippen molar-refractivity contribution in [3.05, 3.63) is 53.3 Å². The van der Waals surface area contributed by atoms with E-state index in [2.05, 4.69) is 15.1 Å². The van der Waals surface area contributed by atoms with Crippen molar-refractivity contribution in [3.63, 3.8) is 0 Å². The summed E-state index contributed by atoms with van der Waals surface area (Å²) in [7, 11) is -3.39. The topological polar surface area (TPSA) is 153 Å². The Kier molecular flexibility index (Phi) is 7.84. The molecule has 14 heteroatoms. The standard InChI is InChI=1S/C32H37FN6O6S/c33-26-15-24-25(32(43)39(31(24)42)27-5-6-29(40)35-30(27)41)16-28(26)37-11-7-20(8-12-37)38-17-21(18-38)36-13-9-23(10-14-36)46(44,45)22-3-1-19(34)2-4-22/h1-4,15-16,20-21,23,27H,5-14,17-18,34H2,(H,35,40,41). The number of anilines is 2. The molecular formula is C32H37FN6O6S. The van der Waals surface area contributed by atoms with E-state index in [-0.39, 0.29) is 34.9 Å². The number of hydrogen-bond acceptors (Lipinski definition) is 10. The molecule has 5 aliphatic heterocycles. The van der Waals surface area contributed by atoms with Gasteiger partial charge in [-0.25, -0.2) is 12.8 Å². The Balaban J connectivity index is 0.914.